The van der Waals surface area contributed by atoms with E-state index in [1.807, 2.05) is 0 Å². The van der Waals surface area contributed by atoms with E-state index in [0.717, 1.165) is 0 Å². The molecule has 0 unspecified atom stereocenters. The van der Waals surface area contributed by atoms with Crippen LogP contribution in [0.3, 0.4) is 0 Å². The van der Waals surface area contributed by atoms with E-state index >= 15 is 0 Å². The molecule has 0 aliphatic rings. The van der Waals surface area contributed by atoms with Crippen LogP contribution < -0.4 is 0 Å². The Morgan fingerprint density at radius 1 is 1.20 bits per heavy atom. The zero-order valence-corrected chi connectivity index (χ0v) is 11.4. The van der Waals surface area contributed by atoms with E-state index in [-0.39, 0.29) is 19.6 Å². The van der Waals surface area contributed by atoms with Crippen molar-refractivity contribution >= 4 is 17.9 Å². The number of hydrogen-bond donors (Lipinski definition) is 1. The predicted octanol–water partition coefficient (Wildman–Crippen LogP) is 0.782. The molecule has 20 heavy (non-hydrogen) atoms. The summed E-state index contributed by atoms with van der Waals surface area (Å²) >= 11 is 0. The molecule has 1 rings (SSSR count). The highest BCUT2D eigenvalue weighted by Crippen LogP contribution is 2.16. The lowest BCUT2D eigenvalue weighted by Crippen LogP contribution is -2.32. The average molecular weight is 283 g/mol. The summed E-state index contributed by atoms with van der Waals surface area (Å²) in [5, 5.41) is 8.83. The number of carbonyl (C=O) groups excluding carboxylic acids is 2. The lowest BCUT2D eigenvalue weighted by atomic mass is 10.2. The quantitative estimate of drug-likeness (QED) is 0.587. The van der Waals surface area contributed by atoms with Crippen LogP contribution in [0.15, 0.2) is 18.3 Å². The maximum absolute atomic E-state index is 11.9. The van der Waals surface area contributed by atoms with Gasteiger partial charge in [0.1, 0.15) is 0 Å². The van der Waals surface area contributed by atoms with Gasteiger partial charge in [0.25, 0.3) is 0 Å². The summed E-state index contributed by atoms with van der Waals surface area (Å²) in [6.07, 6.45) is 1.15. The van der Waals surface area contributed by atoms with Crippen molar-refractivity contribution in [1.29, 1.82) is 0 Å². The van der Waals surface area contributed by atoms with Gasteiger partial charge in [0.05, 0.1) is 19.6 Å². The molecular weight excluding hydrogens is 266 g/mol. The van der Waals surface area contributed by atoms with Crippen LogP contribution in [-0.4, -0.2) is 40.8 Å². The largest absolute Gasteiger partial charge is 0.481 e. The van der Waals surface area contributed by atoms with Gasteiger partial charge in [-0.2, -0.15) is 0 Å². The van der Waals surface area contributed by atoms with Crippen LogP contribution in [0.4, 0.5) is 0 Å². The highest BCUT2D eigenvalue weighted by molar-refractivity contribution is 5.97. The molecule has 0 amide bonds. The molecule has 0 aliphatic carbocycles. The Balaban J connectivity index is 3.10. The maximum Gasteiger partial charge on any atom is 0.340 e. The van der Waals surface area contributed by atoms with Crippen molar-refractivity contribution in [3.05, 3.63) is 24.0 Å². The molecule has 1 aromatic heterocycles. The molecule has 110 valence electrons. The first-order valence-electron chi connectivity index (χ1n) is 6.22. The molecule has 0 saturated carbocycles. The third-order valence-corrected chi connectivity index (χ3v) is 2.50. The van der Waals surface area contributed by atoms with E-state index in [1.165, 1.54) is 16.8 Å². The van der Waals surface area contributed by atoms with Crippen LogP contribution in [0.1, 0.15) is 25.6 Å². The first kappa shape index (κ1) is 15.7. The van der Waals surface area contributed by atoms with Gasteiger partial charge in [-0.3, -0.25) is 4.79 Å². The van der Waals surface area contributed by atoms with E-state index in [2.05, 4.69) is 0 Å². The van der Waals surface area contributed by atoms with Crippen LogP contribution >= 0.6 is 0 Å². The van der Waals surface area contributed by atoms with Crippen molar-refractivity contribution in [2.75, 3.05) is 13.2 Å². The summed E-state index contributed by atoms with van der Waals surface area (Å²) < 4.78 is 11.0. The number of carboxylic acid groups (broad SMARTS) is 1. The van der Waals surface area contributed by atoms with Crippen molar-refractivity contribution in [2.24, 2.45) is 0 Å². The van der Waals surface area contributed by atoms with Gasteiger partial charge < -0.3 is 19.1 Å². The minimum absolute atomic E-state index is 0.115. The number of ether oxygens (including phenoxy) is 2. The van der Waals surface area contributed by atoms with Crippen LogP contribution in [-0.2, 0) is 30.3 Å². The Morgan fingerprint density at radius 3 is 2.20 bits per heavy atom. The summed E-state index contributed by atoms with van der Waals surface area (Å²) in [5.74, 6) is -2.60. The molecule has 0 spiro atoms. The van der Waals surface area contributed by atoms with Gasteiger partial charge in [-0.25, -0.2) is 9.59 Å². The molecule has 1 heterocycles. The zero-order valence-electron chi connectivity index (χ0n) is 11.4. The van der Waals surface area contributed by atoms with Crippen LogP contribution in [0, 0.1) is 0 Å². The Labute approximate surface area is 116 Å². The van der Waals surface area contributed by atoms with E-state index in [0.29, 0.717) is 5.69 Å². The molecule has 0 radical (unpaired) electrons. The number of esters is 2. The van der Waals surface area contributed by atoms with E-state index in [9.17, 15) is 14.4 Å². The smallest absolute Gasteiger partial charge is 0.340 e. The van der Waals surface area contributed by atoms with Crippen molar-refractivity contribution in [3.8, 4) is 0 Å². The minimum Gasteiger partial charge on any atom is -0.481 e. The molecular formula is C13H17NO6. The van der Waals surface area contributed by atoms with Crippen LogP contribution in [0.2, 0.25) is 0 Å². The van der Waals surface area contributed by atoms with Gasteiger partial charge in [-0.15, -0.1) is 0 Å². The molecule has 7 nitrogen and oxygen atoms in total. The highest BCUT2D eigenvalue weighted by atomic mass is 16.6. The van der Waals surface area contributed by atoms with E-state index in [4.69, 9.17) is 14.6 Å². The summed E-state index contributed by atoms with van der Waals surface area (Å²) in [7, 11) is 0. The topological polar surface area (TPSA) is 94.8 Å². The Bertz CT molecular complexity index is 475. The van der Waals surface area contributed by atoms with Crippen molar-refractivity contribution in [2.45, 2.75) is 26.3 Å². The van der Waals surface area contributed by atoms with Crippen molar-refractivity contribution in [3.63, 3.8) is 0 Å². The predicted molar refractivity (Wildman–Crippen MR) is 68.1 cm³/mol. The van der Waals surface area contributed by atoms with Crippen LogP contribution in [0.25, 0.3) is 0 Å². The standard InChI is InChI=1S/C13H17NO6/c1-3-19-12(17)11(13(18)20-4-2)14-7-5-6-9(14)8-10(15)16/h5-7,11H,3-4,8H2,1-2H3,(H,15,16). The summed E-state index contributed by atoms with van der Waals surface area (Å²) in [4.78, 5) is 34.6. The third-order valence-electron chi connectivity index (χ3n) is 2.50. The van der Waals surface area contributed by atoms with Crippen molar-refractivity contribution < 1.29 is 29.0 Å². The van der Waals surface area contributed by atoms with Gasteiger partial charge in [-0.1, -0.05) is 0 Å². The monoisotopic (exact) mass is 283 g/mol. The molecule has 0 atom stereocenters. The number of hydrogen-bond acceptors (Lipinski definition) is 5. The number of carboxylic acids is 1. The molecule has 7 heteroatoms. The summed E-state index contributed by atoms with van der Waals surface area (Å²) in [6.45, 7) is 3.47. The molecule has 0 saturated heterocycles. The second-order valence-corrected chi connectivity index (χ2v) is 3.88. The number of aromatic nitrogens is 1. The molecule has 1 aromatic rings. The van der Waals surface area contributed by atoms with Gasteiger partial charge in [0.2, 0.25) is 6.04 Å². The second-order valence-electron chi connectivity index (χ2n) is 3.88. The summed E-state index contributed by atoms with van der Waals surface area (Å²) in [6, 6.07) is 1.77. The normalized spacial score (nSPS) is 10.3. The number of carbonyl (C=O) groups is 3. The van der Waals surface area contributed by atoms with E-state index < -0.39 is 23.9 Å². The Kier molecular flexibility index (Phi) is 5.76. The average Bonchev–Trinajstić information content (AvgIpc) is 2.77. The zero-order chi connectivity index (χ0) is 15.1. The van der Waals surface area contributed by atoms with Gasteiger partial charge in [-0.05, 0) is 26.0 Å². The SMILES string of the molecule is CCOC(=O)C(C(=O)OCC)n1cccc1CC(=O)O. The summed E-state index contributed by atoms with van der Waals surface area (Å²) in [5.41, 5.74) is 0.323. The second kappa shape index (κ2) is 7.32. The third kappa shape index (κ3) is 3.84. The molecule has 1 N–H and O–H groups in total. The van der Waals surface area contributed by atoms with Crippen molar-refractivity contribution in [1.82, 2.24) is 4.57 Å². The fraction of sp³-hybridized carbons (Fsp3) is 0.462. The molecule has 0 aromatic carbocycles. The van der Waals surface area contributed by atoms with Crippen LogP contribution in [0.5, 0.6) is 0 Å². The van der Waals surface area contributed by atoms with Gasteiger partial charge in [0.15, 0.2) is 0 Å². The number of aliphatic carboxylic acids is 1. The Morgan fingerprint density at radius 2 is 1.75 bits per heavy atom. The fourth-order valence-electron chi connectivity index (χ4n) is 1.75. The number of nitrogens with zero attached hydrogens (tertiary/aromatic N) is 1. The van der Waals surface area contributed by atoms with E-state index in [1.54, 1.807) is 19.9 Å². The molecule has 0 fully saturated rings. The first-order valence-corrected chi connectivity index (χ1v) is 6.22. The first-order chi connectivity index (χ1) is 9.51. The molecule has 0 bridgehead atoms. The lowest BCUT2D eigenvalue weighted by molar-refractivity contribution is -0.160. The fourth-order valence-corrected chi connectivity index (χ4v) is 1.75. The highest BCUT2D eigenvalue weighted by Gasteiger charge is 2.32. The minimum atomic E-state index is -1.32. The maximum atomic E-state index is 11.9. The van der Waals surface area contributed by atoms with Gasteiger partial charge in [0, 0.05) is 11.9 Å². The van der Waals surface area contributed by atoms with Gasteiger partial charge >= 0.3 is 17.9 Å². The number of rotatable bonds is 7. The lowest BCUT2D eigenvalue weighted by Gasteiger charge is -2.18. The Hall–Kier alpha value is -2.31. The molecule has 0 aliphatic heterocycles.